The molecule has 0 aromatic heterocycles. The Hall–Kier alpha value is -4.45. The zero-order valence-corrected chi connectivity index (χ0v) is 40.6. The first-order chi connectivity index (χ1) is 37.1. The molecule has 15 rings (SSSR count). The fourth-order valence-corrected chi connectivity index (χ4v) is 17.1. The second-order valence-corrected chi connectivity index (χ2v) is 23.1. The van der Waals surface area contributed by atoms with E-state index < -0.39 is 24.0 Å². The summed E-state index contributed by atoms with van der Waals surface area (Å²) in [4.78, 5) is 21.8. The van der Waals surface area contributed by atoms with Crippen LogP contribution in [0.3, 0.4) is 0 Å². The van der Waals surface area contributed by atoms with Crippen molar-refractivity contribution in [1.82, 2.24) is 0 Å². The van der Waals surface area contributed by atoms with E-state index in [0.717, 1.165) is 112 Å². The van der Waals surface area contributed by atoms with Crippen LogP contribution in [0.1, 0.15) is 102 Å². The third-order valence-electron chi connectivity index (χ3n) is 20.2. The van der Waals surface area contributed by atoms with E-state index in [-0.39, 0.29) is 41.1 Å². The summed E-state index contributed by atoms with van der Waals surface area (Å²) in [5.41, 5.74) is 5.05. The van der Waals surface area contributed by atoms with E-state index in [0.29, 0.717) is 30.9 Å². The Morgan fingerprint density at radius 3 is 1.94 bits per heavy atom. The number of benzene rings is 3. The number of alkyl halides is 3. The van der Waals surface area contributed by atoms with Crippen molar-refractivity contribution in [2.45, 2.75) is 142 Å². The number of carbonyl (C=O) groups is 2. The topological polar surface area (TPSA) is 142 Å². The molecule has 8 fully saturated rings. The monoisotopic (exact) mass is 1000 g/mol. The number of nitrogens with zero attached hydrogens (tertiary/aromatic N) is 2. The molecule has 4 saturated carbocycles. The Labute approximate surface area is 422 Å². The van der Waals surface area contributed by atoms with Crippen LogP contribution in [0.4, 0.5) is 13.2 Å². The molecule has 2 unspecified atom stereocenters. The lowest BCUT2D eigenvalue weighted by atomic mass is 9.47. The number of aliphatic carboxylic acids is 1. The van der Waals surface area contributed by atoms with Gasteiger partial charge in [0.2, 0.25) is 5.79 Å². The van der Waals surface area contributed by atoms with Gasteiger partial charge in [-0.15, -0.1) is 0 Å². The lowest BCUT2D eigenvalue weighted by Crippen LogP contribution is -2.86. The zero-order chi connectivity index (χ0) is 55.0. The number of morpholine rings is 2. The number of hydrogen-bond acceptors (Lipinski definition) is 11. The van der Waals surface area contributed by atoms with E-state index in [1.807, 2.05) is 6.07 Å². The Bertz CT molecular complexity index is 2710. The normalized spacial score (nSPS) is 38.7. The molecule has 388 valence electrons. The van der Waals surface area contributed by atoms with Crippen LogP contribution in [-0.2, 0) is 58.8 Å². The summed E-state index contributed by atoms with van der Waals surface area (Å²) in [7, 11) is 3.55. The van der Waals surface area contributed by atoms with Gasteiger partial charge in [-0.25, -0.2) is 0 Å². The van der Waals surface area contributed by atoms with Gasteiger partial charge in [-0.3, -0.25) is 4.79 Å². The summed E-state index contributed by atoms with van der Waals surface area (Å²) in [6.07, 6.45) is 6.72. The van der Waals surface area contributed by atoms with Gasteiger partial charge >= 0.3 is 6.18 Å². The second-order valence-electron chi connectivity index (χ2n) is 23.1. The van der Waals surface area contributed by atoms with Gasteiger partial charge < -0.3 is 57.1 Å². The molecule has 6 aliphatic heterocycles. The first kappa shape index (κ1) is 43.0. The number of carbonyl (C=O) groups excluding carboxylic acids is 2. The molecule has 0 amide bonds. The van der Waals surface area contributed by atoms with Crippen molar-refractivity contribution >= 4 is 11.8 Å². The van der Waals surface area contributed by atoms with Crippen LogP contribution < -0.4 is 19.3 Å². The number of Topliss-reactive ketones (excluding diaryl/α,β-unsaturated/α-hetero) is 1. The lowest BCUT2D eigenvalue weighted by Gasteiger charge is -2.70. The highest BCUT2D eigenvalue weighted by atomic mass is 19.4. The van der Waals surface area contributed by atoms with Crippen LogP contribution in [0.15, 0.2) is 54.6 Å². The Morgan fingerprint density at radius 2 is 1.35 bits per heavy atom. The average Bonchev–Trinajstić information content (AvgIpc) is 2.03. The standard InChI is InChI=1S/C31H38NO5.C22H25NO4.C2HF3O2.4H2/c1-33-31(34-2)13-12-30-25-18-23-10-11-24(35-20-22-6-4-3-5-7-22)27-26(23)29(30,28(31)37-27)14-15-32(25,16-17-36-30)19-21-8-9-21;24-15-4-3-14-11-17-22-6-5-16(25)20-21(22,18(14)19(15)27-20)7-8-23(17,9-10-26-22)12-13-1-2-13;3-2(4,5)1(6)7;;;;/h3-7,10-11,21,25,28H,8-9,12-20H2,1-2H3;3-4,13,17,20H,1-2,5-12H2;(H,6,7);4*1H/q+1;;;;;;/t25-,28-,29+,30-,32?;17-,20+,21+,22-,23?;;;;;/m11...../s1/i;;;3*1+1D;1+1. The number of ketones is 1. The largest absolute Gasteiger partial charge is 0.542 e. The zero-order valence-electron chi connectivity index (χ0n) is 46.6. The minimum absolute atomic E-state index is 0. The number of quaternary nitrogens is 2. The number of carboxylic acids is 1. The first-order valence-electron chi connectivity index (χ1n) is 29.1. The number of aromatic hydroxyl groups is 1. The van der Waals surface area contributed by atoms with Crippen LogP contribution in [0.25, 0.3) is 0 Å². The molecular weight excluding hydrogens is 922 g/mol. The van der Waals surface area contributed by atoms with E-state index in [1.54, 1.807) is 20.3 Å². The van der Waals surface area contributed by atoms with Crippen molar-refractivity contribution in [1.29, 1.82) is 0 Å². The highest BCUT2D eigenvalue weighted by Gasteiger charge is 2.83. The summed E-state index contributed by atoms with van der Waals surface area (Å²) in [6.45, 7) is 9.29. The Morgan fingerprint density at radius 1 is 0.775 bits per heavy atom. The SMILES string of the molecule is COC1(OC)CC[C@]23OCC[N+]4(CC5CC5)CC[C@@]25c2c(ccc(OCc6ccccc6)c2O[C@@H]15)C[C@H]34.O=C([O-])C(F)(F)F.O=C1CC[C@]23OCC[N+]4(CC5CC5)CC[C@@]25c2c(ccc(O)c2O[C@@H]15)C[C@H]34.[2HH].[2H][2H].[2H][2H].[2H][2H]. The number of piperidine rings is 2. The van der Waals surface area contributed by atoms with Crippen LogP contribution in [-0.4, -0.2) is 140 Å². The van der Waals surface area contributed by atoms with E-state index in [2.05, 4.69) is 42.5 Å². The van der Waals surface area contributed by atoms with Crippen molar-refractivity contribution in [3.63, 3.8) is 0 Å². The van der Waals surface area contributed by atoms with Gasteiger partial charge in [-0.1, -0.05) is 42.5 Å². The quantitative estimate of drug-likeness (QED) is 0.180. The Kier molecular flexibility index (Phi) is 9.56. The van der Waals surface area contributed by atoms with Gasteiger partial charge in [0, 0.05) is 86.0 Å². The molecule has 1 N–H and O–H groups in total. The molecule has 4 saturated heterocycles. The number of phenols is 1. The number of carboxylic acid groups (broad SMARTS) is 1. The van der Waals surface area contributed by atoms with Crippen LogP contribution in [0.5, 0.6) is 23.0 Å². The summed E-state index contributed by atoms with van der Waals surface area (Å²) in [5, 5.41) is 19.3. The summed E-state index contributed by atoms with van der Waals surface area (Å²) in [6, 6.07) is 19.5. The predicted molar refractivity (Wildman–Crippen MR) is 254 cm³/mol. The Balaban J connectivity index is 0.000000159. The molecule has 8 bridgehead atoms. The van der Waals surface area contributed by atoms with Crippen LogP contribution in [0, 0.1) is 11.8 Å². The molecular formula is C55H72F3N2O11+. The third kappa shape index (κ3) is 6.27. The molecule has 6 aliphatic carbocycles. The van der Waals surface area contributed by atoms with Gasteiger partial charge in [-0.05, 0) is 67.3 Å². The number of rotatable bonds is 9. The molecule has 13 nitrogen and oxygen atoms in total. The maximum absolute atomic E-state index is 13.0. The van der Waals surface area contributed by atoms with Gasteiger partial charge in [-0.2, -0.15) is 13.2 Å². The summed E-state index contributed by atoms with van der Waals surface area (Å²) >= 11 is 0. The number of phenolic OH excluding ortho intramolecular Hbond substituents is 1. The molecule has 0 radical (unpaired) electrons. The third-order valence-corrected chi connectivity index (χ3v) is 20.2. The van der Waals surface area contributed by atoms with E-state index >= 15 is 0 Å². The van der Waals surface area contributed by atoms with Gasteiger partial charge in [0.15, 0.2) is 41.0 Å². The minimum atomic E-state index is -5.19. The average molecular weight is 1000 g/mol. The number of halogens is 3. The summed E-state index contributed by atoms with van der Waals surface area (Å²) in [5.74, 6) is 0.629. The molecule has 71 heavy (non-hydrogen) atoms. The van der Waals surface area contributed by atoms with Gasteiger partial charge in [0.25, 0.3) is 0 Å². The first-order valence-corrected chi connectivity index (χ1v) is 26.1. The fourth-order valence-electron chi connectivity index (χ4n) is 17.1. The number of ether oxygens (including phenoxy) is 7. The molecule has 4 spiro atoms. The molecule has 16 heteroatoms. The minimum Gasteiger partial charge on any atom is -0.542 e. The molecule has 12 aliphatic rings. The van der Waals surface area contributed by atoms with Gasteiger partial charge in [0.1, 0.15) is 49.0 Å². The van der Waals surface area contributed by atoms with Crippen molar-refractivity contribution in [3.05, 3.63) is 82.4 Å². The van der Waals surface area contributed by atoms with E-state index in [4.69, 9.17) is 52.0 Å². The maximum Gasteiger partial charge on any atom is 0.430 e. The van der Waals surface area contributed by atoms with Crippen molar-refractivity contribution in [3.8, 4) is 23.0 Å². The molecule has 3 aromatic rings. The van der Waals surface area contributed by atoms with Crippen molar-refractivity contribution in [2.75, 3.05) is 66.7 Å². The highest BCUT2D eigenvalue weighted by Crippen LogP contribution is 2.72. The number of methoxy groups -OCH3 is 2. The number of hydrogen-bond donors (Lipinski definition) is 1. The highest BCUT2D eigenvalue weighted by molar-refractivity contribution is 5.90. The van der Waals surface area contributed by atoms with Crippen LogP contribution in [0.2, 0.25) is 0 Å². The predicted octanol–water partition coefficient (Wildman–Crippen LogP) is 6.73. The van der Waals surface area contributed by atoms with Crippen LogP contribution >= 0.6 is 0 Å². The lowest BCUT2D eigenvalue weighted by molar-refractivity contribution is -0.977. The van der Waals surface area contributed by atoms with E-state index in [1.165, 1.54) is 71.0 Å². The molecule has 6 heterocycles. The second kappa shape index (κ2) is 15.8. The van der Waals surface area contributed by atoms with Gasteiger partial charge in [0.05, 0.1) is 50.2 Å². The van der Waals surface area contributed by atoms with Crippen molar-refractivity contribution < 1.29 is 85.4 Å². The molecule has 10 atom stereocenters. The smallest absolute Gasteiger partial charge is 0.430 e. The fraction of sp³-hybridized carbons (Fsp3) is 0.636. The summed E-state index contributed by atoms with van der Waals surface area (Å²) < 4.78 is 110. The molecule has 3 aromatic carbocycles. The van der Waals surface area contributed by atoms with Crippen molar-refractivity contribution in [2.24, 2.45) is 11.8 Å². The van der Waals surface area contributed by atoms with E-state index in [9.17, 15) is 23.1 Å². The maximum atomic E-state index is 13.0.